The maximum atomic E-state index is 12.3. The molecule has 0 fully saturated rings. The average molecular weight is 375 g/mol. The van der Waals surface area contributed by atoms with Crippen molar-refractivity contribution < 1.29 is 14.3 Å². The molecule has 1 N–H and O–H groups in total. The fourth-order valence-electron chi connectivity index (χ4n) is 2.85. The first-order chi connectivity index (χ1) is 13.7. The minimum Gasteiger partial charge on any atom is -0.491 e. The molecule has 4 nitrogen and oxygen atoms in total. The number of carbonyl (C=O) groups is 1. The van der Waals surface area contributed by atoms with Crippen molar-refractivity contribution >= 4 is 11.6 Å². The lowest BCUT2D eigenvalue weighted by Crippen LogP contribution is -2.20. The van der Waals surface area contributed by atoms with E-state index < -0.39 is 0 Å². The van der Waals surface area contributed by atoms with Crippen LogP contribution < -0.4 is 14.8 Å². The predicted octanol–water partition coefficient (Wildman–Crippen LogP) is 5.02. The van der Waals surface area contributed by atoms with Crippen LogP contribution in [0.15, 0.2) is 78.9 Å². The van der Waals surface area contributed by atoms with Crippen molar-refractivity contribution in [3.8, 4) is 11.5 Å². The Morgan fingerprint density at radius 1 is 0.821 bits per heavy atom. The summed E-state index contributed by atoms with van der Waals surface area (Å²) in [6.45, 7) is 2.49. The summed E-state index contributed by atoms with van der Waals surface area (Å²) < 4.78 is 11.5. The Labute approximate surface area is 166 Å². The van der Waals surface area contributed by atoms with E-state index in [0.717, 1.165) is 18.4 Å². The van der Waals surface area contributed by atoms with Crippen molar-refractivity contribution in [2.45, 2.75) is 19.8 Å². The van der Waals surface area contributed by atoms with Crippen molar-refractivity contribution in [2.75, 3.05) is 18.5 Å². The summed E-state index contributed by atoms with van der Waals surface area (Å²) in [6, 6.07) is 25.4. The molecule has 0 saturated heterocycles. The second-order valence-corrected chi connectivity index (χ2v) is 6.54. The van der Waals surface area contributed by atoms with Crippen LogP contribution in [-0.4, -0.2) is 19.1 Å². The van der Waals surface area contributed by atoms with Gasteiger partial charge in [-0.25, -0.2) is 0 Å². The molecule has 0 spiro atoms. The second kappa shape index (κ2) is 10.2. The molecule has 0 unspecified atom stereocenters. The minimum atomic E-state index is -0.219. The summed E-state index contributed by atoms with van der Waals surface area (Å²) in [5.74, 6) is 1.16. The molecule has 0 aliphatic rings. The van der Waals surface area contributed by atoms with E-state index in [1.807, 2.05) is 73.7 Å². The molecular weight excluding hydrogens is 350 g/mol. The Morgan fingerprint density at radius 3 is 2.29 bits per heavy atom. The van der Waals surface area contributed by atoms with Gasteiger partial charge >= 0.3 is 0 Å². The molecule has 4 heteroatoms. The summed E-state index contributed by atoms with van der Waals surface area (Å²) in [4.78, 5) is 12.3. The standard InChI is InChI=1S/C24H25NO3/c1-19-10-5-7-15-22(19)28-18-24(26)25-21-14-6-8-16-23(21)27-17-9-13-20-11-3-2-4-12-20/h2-8,10-12,14-16H,9,13,17-18H2,1H3,(H,25,26). The van der Waals surface area contributed by atoms with Gasteiger partial charge in [0, 0.05) is 0 Å². The number of hydrogen-bond donors (Lipinski definition) is 1. The lowest BCUT2D eigenvalue weighted by Gasteiger charge is -2.13. The topological polar surface area (TPSA) is 47.6 Å². The molecular formula is C24H25NO3. The monoisotopic (exact) mass is 375 g/mol. The summed E-state index contributed by atoms with van der Waals surface area (Å²) in [5, 5.41) is 2.87. The van der Waals surface area contributed by atoms with Crippen LogP contribution in [0.5, 0.6) is 11.5 Å². The molecule has 0 aliphatic carbocycles. The first-order valence-electron chi connectivity index (χ1n) is 9.46. The van der Waals surface area contributed by atoms with Gasteiger partial charge in [0.25, 0.3) is 5.91 Å². The smallest absolute Gasteiger partial charge is 0.262 e. The molecule has 144 valence electrons. The highest BCUT2D eigenvalue weighted by molar-refractivity contribution is 5.93. The van der Waals surface area contributed by atoms with Gasteiger partial charge in [-0.2, -0.15) is 0 Å². The average Bonchev–Trinajstić information content (AvgIpc) is 2.72. The summed E-state index contributed by atoms with van der Waals surface area (Å²) in [7, 11) is 0. The van der Waals surface area contributed by atoms with Crippen LogP contribution in [0.1, 0.15) is 17.5 Å². The van der Waals surface area contributed by atoms with E-state index in [9.17, 15) is 4.79 Å². The Bertz CT molecular complexity index is 893. The van der Waals surface area contributed by atoms with Crippen molar-refractivity contribution in [1.82, 2.24) is 0 Å². The molecule has 0 aliphatic heterocycles. The van der Waals surface area contributed by atoms with Crippen LogP contribution in [0, 0.1) is 6.92 Å². The van der Waals surface area contributed by atoms with E-state index >= 15 is 0 Å². The third kappa shape index (κ3) is 5.88. The number of ether oxygens (including phenoxy) is 2. The largest absolute Gasteiger partial charge is 0.491 e. The molecule has 0 atom stereocenters. The highest BCUT2D eigenvalue weighted by Gasteiger charge is 2.09. The number of carbonyl (C=O) groups excluding carboxylic acids is 1. The third-order valence-electron chi connectivity index (χ3n) is 4.32. The number of anilines is 1. The quantitative estimate of drug-likeness (QED) is 0.534. The SMILES string of the molecule is Cc1ccccc1OCC(=O)Nc1ccccc1OCCCc1ccccc1. The number of benzene rings is 3. The lowest BCUT2D eigenvalue weighted by atomic mass is 10.1. The third-order valence-corrected chi connectivity index (χ3v) is 4.32. The Morgan fingerprint density at radius 2 is 1.50 bits per heavy atom. The van der Waals surface area contributed by atoms with Gasteiger partial charge < -0.3 is 14.8 Å². The molecule has 28 heavy (non-hydrogen) atoms. The van der Waals surface area contributed by atoms with E-state index in [-0.39, 0.29) is 12.5 Å². The zero-order valence-electron chi connectivity index (χ0n) is 16.1. The van der Waals surface area contributed by atoms with Crippen LogP contribution in [-0.2, 0) is 11.2 Å². The maximum absolute atomic E-state index is 12.3. The highest BCUT2D eigenvalue weighted by Crippen LogP contribution is 2.24. The molecule has 0 bridgehead atoms. The molecule has 3 aromatic rings. The van der Waals surface area contributed by atoms with E-state index in [0.29, 0.717) is 23.8 Å². The van der Waals surface area contributed by atoms with Gasteiger partial charge in [0.15, 0.2) is 6.61 Å². The van der Waals surface area contributed by atoms with Gasteiger partial charge in [0.1, 0.15) is 11.5 Å². The molecule has 0 saturated carbocycles. The normalized spacial score (nSPS) is 10.3. The van der Waals surface area contributed by atoms with Crippen molar-refractivity contribution in [3.05, 3.63) is 90.0 Å². The molecule has 0 heterocycles. The molecule has 3 aromatic carbocycles. The van der Waals surface area contributed by atoms with Crippen LogP contribution >= 0.6 is 0 Å². The van der Waals surface area contributed by atoms with Gasteiger partial charge in [-0.15, -0.1) is 0 Å². The Kier molecular flexibility index (Phi) is 7.08. The van der Waals surface area contributed by atoms with Gasteiger partial charge in [-0.05, 0) is 49.1 Å². The number of aryl methyl sites for hydroxylation is 2. The zero-order chi connectivity index (χ0) is 19.6. The fourth-order valence-corrected chi connectivity index (χ4v) is 2.85. The summed E-state index contributed by atoms with van der Waals surface area (Å²) >= 11 is 0. The van der Waals surface area contributed by atoms with E-state index in [4.69, 9.17) is 9.47 Å². The van der Waals surface area contributed by atoms with Gasteiger partial charge in [-0.3, -0.25) is 4.79 Å². The molecule has 1 amide bonds. The van der Waals surface area contributed by atoms with Crippen LogP contribution in [0.4, 0.5) is 5.69 Å². The molecule has 0 radical (unpaired) electrons. The number of para-hydroxylation sites is 3. The number of amides is 1. The number of hydrogen-bond acceptors (Lipinski definition) is 3. The van der Waals surface area contributed by atoms with Gasteiger partial charge in [-0.1, -0.05) is 60.7 Å². The van der Waals surface area contributed by atoms with Crippen LogP contribution in [0.2, 0.25) is 0 Å². The predicted molar refractivity (Wildman–Crippen MR) is 112 cm³/mol. The minimum absolute atomic E-state index is 0.0484. The highest BCUT2D eigenvalue weighted by atomic mass is 16.5. The van der Waals surface area contributed by atoms with Crippen molar-refractivity contribution in [1.29, 1.82) is 0 Å². The number of rotatable bonds is 9. The maximum Gasteiger partial charge on any atom is 0.262 e. The van der Waals surface area contributed by atoms with Crippen molar-refractivity contribution in [2.24, 2.45) is 0 Å². The molecule has 0 aromatic heterocycles. The second-order valence-electron chi connectivity index (χ2n) is 6.54. The van der Waals surface area contributed by atoms with E-state index in [1.165, 1.54) is 5.56 Å². The summed E-state index contributed by atoms with van der Waals surface area (Å²) in [6.07, 6.45) is 1.86. The van der Waals surface area contributed by atoms with Crippen LogP contribution in [0.3, 0.4) is 0 Å². The Balaban J connectivity index is 1.49. The molecule has 3 rings (SSSR count). The van der Waals surface area contributed by atoms with Gasteiger partial charge in [0.2, 0.25) is 0 Å². The zero-order valence-corrected chi connectivity index (χ0v) is 16.1. The van der Waals surface area contributed by atoms with Gasteiger partial charge in [0.05, 0.1) is 12.3 Å². The first kappa shape index (κ1) is 19.5. The number of nitrogens with one attached hydrogen (secondary N) is 1. The van der Waals surface area contributed by atoms with Crippen LogP contribution in [0.25, 0.3) is 0 Å². The Hall–Kier alpha value is -3.27. The summed E-state index contributed by atoms with van der Waals surface area (Å²) in [5.41, 5.74) is 2.94. The first-order valence-corrected chi connectivity index (χ1v) is 9.46. The lowest BCUT2D eigenvalue weighted by molar-refractivity contribution is -0.118. The fraction of sp³-hybridized carbons (Fsp3) is 0.208. The van der Waals surface area contributed by atoms with E-state index in [1.54, 1.807) is 0 Å². The van der Waals surface area contributed by atoms with Crippen molar-refractivity contribution in [3.63, 3.8) is 0 Å². The van der Waals surface area contributed by atoms with E-state index in [2.05, 4.69) is 17.4 Å².